The van der Waals surface area contributed by atoms with Gasteiger partial charge in [-0.15, -0.1) is 0 Å². The molecule has 0 amide bonds. The first kappa shape index (κ1) is 11.8. The predicted molar refractivity (Wildman–Crippen MR) is 25.6 cm³/mol. The Balaban J connectivity index is 0. The van der Waals surface area contributed by atoms with Gasteiger partial charge in [0.05, 0.1) is 0 Å². The Morgan fingerprint density at radius 1 is 1.38 bits per heavy atom. The van der Waals surface area contributed by atoms with Crippen LogP contribution < -0.4 is 28.4 Å². The molecule has 0 N–H and O–H groups in total. The van der Waals surface area contributed by atoms with Crippen LogP contribution in [0.25, 0.3) is 0 Å². The van der Waals surface area contributed by atoms with Crippen molar-refractivity contribution in [3.05, 3.63) is 17.9 Å². The van der Waals surface area contributed by atoms with Crippen LogP contribution in [-0.4, -0.2) is 0 Å². The van der Waals surface area contributed by atoms with Crippen molar-refractivity contribution in [2.24, 2.45) is 0 Å². The van der Waals surface area contributed by atoms with Gasteiger partial charge in [-0.05, 0) is 0 Å². The van der Waals surface area contributed by atoms with Gasteiger partial charge < -0.3 is 24.8 Å². The Morgan fingerprint density at radius 3 is 2.12 bits per heavy atom. The van der Waals surface area contributed by atoms with E-state index in [4.69, 9.17) is 0 Å². The van der Waals surface area contributed by atoms with Crippen molar-refractivity contribution in [2.45, 2.75) is 0 Å². The number of hydrogen-bond acceptors (Lipinski definition) is 0. The summed E-state index contributed by atoms with van der Waals surface area (Å²) in [6.45, 7) is 0. The van der Waals surface area contributed by atoms with Gasteiger partial charge in [-0.25, -0.2) is 0 Å². The molecule has 0 radical (unpaired) electrons. The van der Waals surface area contributed by atoms with Crippen LogP contribution in [0.1, 0.15) is 0 Å². The van der Waals surface area contributed by atoms with Crippen molar-refractivity contribution >= 4 is 11.8 Å². The second-order valence-corrected chi connectivity index (χ2v) is 3.87. The standard InChI is InChI=1S/C4H4P.2ClH.Ti/c1-2-4-5-3-1;;;/h1-3,5H;2*1H;/q;;;+2/p-2. The van der Waals surface area contributed by atoms with Gasteiger partial charge >= 0.3 is 50.2 Å². The summed E-state index contributed by atoms with van der Waals surface area (Å²) in [5, 5.41) is 0. The molecule has 0 aliphatic rings. The van der Waals surface area contributed by atoms with E-state index in [0.29, 0.717) is 0 Å². The first-order valence-electron chi connectivity index (χ1n) is 1.74. The van der Waals surface area contributed by atoms with E-state index >= 15 is 0 Å². The van der Waals surface area contributed by atoms with Gasteiger partial charge in [0, 0.05) is 0 Å². The van der Waals surface area contributed by atoms with Gasteiger partial charge in [0.1, 0.15) is 0 Å². The average molecular weight is 202 g/mol. The monoisotopic (exact) mass is 201 g/mol. The summed E-state index contributed by atoms with van der Waals surface area (Å²) in [6.07, 6.45) is 0. The maximum atomic E-state index is 2.19. The van der Waals surface area contributed by atoms with E-state index in [1.807, 2.05) is 0 Å². The van der Waals surface area contributed by atoms with Gasteiger partial charge in [-0.2, -0.15) is 0 Å². The fourth-order valence-electron chi connectivity index (χ4n) is 0.330. The Bertz CT molecular complexity index is 118. The molecule has 0 saturated carbocycles. The molecule has 0 nitrogen and oxygen atoms in total. The molecular weight excluding hydrogens is 198 g/mol. The van der Waals surface area contributed by atoms with E-state index in [1.54, 1.807) is 0 Å². The third kappa shape index (κ3) is 4.00. The van der Waals surface area contributed by atoms with Crippen LogP contribution in [0.2, 0.25) is 0 Å². The van der Waals surface area contributed by atoms with Crippen LogP contribution >= 0.6 is 8.19 Å². The summed E-state index contributed by atoms with van der Waals surface area (Å²) in [4.78, 5) is 0. The molecule has 1 heterocycles. The molecule has 0 fully saturated rings. The third-order valence-electron chi connectivity index (χ3n) is 0.598. The molecule has 0 spiro atoms. The van der Waals surface area contributed by atoms with E-state index in [0.717, 1.165) is 8.19 Å². The van der Waals surface area contributed by atoms with E-state index in [1.165, 1.54) is 3.60 Å². The zero-order valence-electron chi connectivity index (χ0n) is 3.99. The molecule has 1 unspecified atom stereocenters. The number of rotatable bonds is 0. The zero-order chi connectivity index (χ0) is 4.41. The normalized spacial score (nSPS) is 7.75. The van der Waals surface area contributed by atoms with Crippen LogP contribution in [-0.2, 0) is 20.4 Å². The third-order valence-corrected chi connectivity index (χ3v) is 2.37. The summed E-state index contributed by atoms with van der Waals surface area (Å²) in [5.74, 6) is 2.19. The van der Waals surface area contributed by atoms with E-state index in [2.05, 4.69) is 38.4 Å². The molecule has 4 heteroatoms. The van der Waals surface area contributed by atoms with Crippen molar-refractivity contribution in [3.63, 3.8) is 0 Å². The topological polar surface area (TPSA) is 0 Å². The molecule has 1 rings (SSSR count). The van der Waals surface area contributed by atoms with Crippen molar-refractivity contribution in [2.75, 3.05) is 0 Å². The summed E-state index contributed by atoms with van der Waals surface area (Å²) >= 11 is 2.15. The maximum absolute atomic E-state index is 2.19. The Hall–Kier alpha value is 1.07. The minimum absolute atomic E-state index is 0. The number of halogens is 2. The quantitative estimate of drug-likeness (QED) is 0.369. The molecule has 0 aliphatic carbocycles. The Kier molecular flexibility index (Phi) is 9.16. The number of hydrogen-bond donors (Lipinski definition) is 0. The molecule has 8 heavy (non-hydrogen) atoms. The van der Waals surface area contributed by atoms with Gasteiger partial charge in [-0.1, -0.05) is 0 Å². The second-order valence-electron chi connectivity index (χ2n) is 1.08. The summed E-state index contributed by atoms with van der Waals surface area (Å²) in [5.41, 5.74) is 0. The van der Waals surface area contributed by atoms with Crippen molar-refractivity contribution in [1.29, 1.82) is 0 Å². The Morgan fingerprint density at radius 2 is 2.00 bits per heavy atom. The predicted octanol–water partition coefficient (Wildman–Crippen LogP) is -5.10. The molecule has 1 aromatic rings. The van der Waals surface area contributed by atoms with Crippen LogP contribution in [0.5, 0.6) is 0 Å². The first-order valence-corrected chi connectivity index (χ1v) is 3.60. The van der Waals surface area contributed by atoms with Crippen LogP contribution in [0.4, 0.5) is 0 Å². The van der Waals surface area contributed by atoms with Crippen molar-refractivity contribution < 1.29 is 45.2 Å². The van der Waals surface area contributed by atoms with Crippen LogP contribution in [0.3, 0.4) is 0 Å². The van der Waals surface area contributed by atoms with Gasteiger partial charge in [0.25, 0.3) is 0 Å². The van der Waals surface area contributed by atoms with E-state index in [-0.39, 0.29) is 24.8 Å². The zero-order valence-corrected chi connectivity index (χ0v) is 8.06. The molecule has 0 saturated heterocycles. The van der Waals surface area contributed by atoms with Crippen molar-refractivity contribution in [1.82, 2.24) is 0 Å². The van der Waals surface area contributed by atoms with Crippen molar-refractivity contribution in [3.8, 4) is 0 Å². The van der Waals surface area contributed by atoms with Crippen LogP contribution in [0, 0.1) is 0 Å². The molecular formula is C4H4Cl2PTi. The molecule has 0 aromatic carbocycles. The SMILES string of the molecule is [Cl-].[Cl-].[Ti+2][c]1ccc[pH]1. The second kappa shape index (κ2) is 6.20. The molecule has 43 valence electrons. The Labute approximate surface area is 74.8 Å². The van der Waals surface area contributed by atoms with Gasteiger partial charge in [-0.3, -0.25) is 0 Å². The van der Waals surface area contributed by atoms with E-state index in [9.17, 15) is 0 Å². The molecule has 1 atom stereocenters. The van der Waals surface area contributed by atoms with Crippen LogP contribution in [0.15, 0.2) is 17.9 Å². The fraction of sp³-hybridized carbons (Fsp3) is 0. The van der Waals surface area contributed by atoms with Gasteiger partial charge in [0.2, 0.25) is 0 Å². The van der Waals surface area contributed by atoms with E-state index < -0.39 is 0 Å². The summed E-state index contributed by atoms with van der Waals surface area (Å²) in [7, 11) is 0.963. The average Bonchev–Trinajstić information content (AvgIpc) is 1.86. The molecule has 0 bridgehead atoms. The minimum atomic E-state index is 0. The summed E-state index contributed by atoms with van der Waals surface area (Å²) < 4.78 is 1.50. The summed E-state index contributed by atoms with van der Waals surface area (Å²) in [6, 6.07) is 4.26. The molecule has 1 aromatic heterocycles. The van der Waals surface area contributed by atoms with Gasteiger partial charge in [0.15, 0.2) is 0 Å². The fourth-order valence-corrected chi connectivity index (χ4v) is 1.44. The molecule has 0 aliphatic heterocycles. The first-order chi connectivity index (χ1) is 2.89.